The predicted octanol–water partition coefficient (Wildman–Crippen LogP) is 1.03. The summed E-state index contributed by atoms with van der Waals surface area (Å²) in [6.45, 7) is 6.90. The maximum atomic E-state index is 11.0. The van der Waals surface area contributed by atoms with Crippen molar-refractivity contribution in [2.24, 2.45) is 0 Å². The van der Waals surface area contributed by atoms with Gasteiger partial charge in [0.25, 0.3) is 0 Å². The number of ether oxygens (including phenoxy) is 1. The molecule has 0 amide bonds. The lowest BCUT2D eigenvalue weighted by Crippen LogP contribution is -2.40. The van der Waals surface area contributed by atoms with E-state index in [2.05, 4.69) is 18.7 Å². The Kier molecular flexibility index (Phi) is 3.53. The second-order valence-corrected chi connectivity index (χ2v) is 3.09. The van der Waals surface area contributed by atoms with E-state index in [0.29, 0.717) is 19.1 Å². The highest BCUT2D eigenvalue weighted by atomic mass is 16.5. The van der Waals surface area contributed by atoms with Crippen LogP contribution in [0.4, 0.5) is 0 Å². The first kappa shape index (κ1) is 9.52. The zero-order valence-corrected chi connectivity index (χ0v) is 7.88. The van der Waals surface area contributed by atoms with E-state index in [-0.39, 0.29) is 5.97 Å². The van der Waals surface area contributed by atoms with Crippen LogP contribution in [0.2, 0.25) is 0 Å². The van der Waals surface area contributed by atoms with Gasteiger partial charge in [-0.25, -0.2) is 0 Å². The molecule has 1 atom stereocenters. The Balaban J connectivity index is 2.43. The minimum atomic E-state index is -0.0434. The Morgan fingerprint density at radius 2 is 2.17 bits per heavy atom. The Bertz CT molecular complexity index is 155. The molecule has 1 aliphatic heterocycles. The van der Waals surface area contributed by atoms with Gasteiger partial charge in [-0.1, -0.05) is 13.8 Å². The van der Waals surface area contributed by atoms with E-state index in [1.807, 2.05) is 0 Å². The summed E-state index contributed by atoms with van der Waals surface area (Å²) in [5.41, 5.74) is 0. The van der Waals surface area contributed by atoms with Crippen molar-refractivity contribution in [2.75, 3.05) is 19.7 Å². The van der Waals surface area contributed by atoms with E-state index < -0.39 is 0 Å². The summed E-state index contributed by atoms with van der Waals surface area (Å²) in [7, 11) is 0. The molecule has 0 aromatic heterocycles. The first-order valence-corrected chi connectivity index (χ1v) is 4.67. The van der Waals surface area contributed by atoms with Crippen LogP contribution in [0.1, 0.15) is 26.7 Å². The van der Waals surface area contributed by atoms with Gasteiger partial charge in [-0.05, 0) is 19.5 Å². The molecule has 1 rings (SSSR count). The van der Waals surface area contributed by atoms with Crippen LogP contribution >= 0.6 is 0 Å². The fraction of sp³-hybridized carbons (Fsp3) is 0.889. The summed E-state index contributed by atoms with van der Waals surface area (Å²) in [6.07, 6.45) is 1.56. The molecule has 0 saturated carbocycles. The average Bonchev–Trinajstić information content (AvgIpc) is 2.07. The lowest BCUT2D eigenvalue weighted by Gasteiger charge is -2.31. The summed E-state index contributed by atoms with van der Waals surface area (Å²) in [4.78, 5) is 13.3. The summed E-state index contributed by atoms with van der Waals surface area (Å²) < 4.78 is 4.88. The molecule has 0 aromatic carbocycles. The Morgan fingerprint density at radius 3 is 2.67 bits per heavy atom. The molecule has 12 heavy (non-hydrogen) atoms. The van der Waals surface area contributed by atoms with E-state index in [4.69, 9.17) is 4.74 Å². The molecule has 0 radical (unpaired) electrons. The molecule has 0 bridgehead atoms. The van der Waals surface area contributed by atoms with Crippen molar-refractivity contribution in [1.29, 1.82) is 0 Å². The van der Waals surface area contributed by atoms with E-state index in [1.165, 1.54) is 0 Å². The fourth-order valence-electron chi connectivity index (χ4n) is 1.71. The molecule has 1 fully saturated rings. The van der Waals surface area contributed by atoms with E-state index >= 15 is 0 Å². The Hall–Kier alpha value is -0.570. The number of cyclic esters (lactones) is 1. The van der Waals surface area contributed by atoms with Gasteiger partial charge in [-0.2, -0.15) is 0 Å². The molecule has 0 aromatic rings. The highest BCUT2D eigenvalue weighted by molar-refractivity contribution is 5.70. The highest BCUT2D eigenvalue weighted by Crippen LogP contribution is 2.14. The first-order valence-electron chi connectivity index (χ1n) is 4.67. The van der Waals surface area contributed by atoms with Crippen LogP contribution in [-0.4, -0.2) is 36.6 Å². The molecule has 1 unspecified atom stereocenters. The monoisotopic (exact) mass is 171 g/mol. The standard InChI is InChI=1S/C9H17NO2/c1-3-10(4-2)8-5-6-12-9(11)7-8/h8H,3-7H2,1-2H3. The van der Waals surface area contributed by atoms with E-state index in [9.17, 15) is 4.79 Å². The average molecular weight is 171 g/mol. The first-order chi connectivity index (χ1) is 5.77. The molecule has 3 nitrogen and oxygen atoms in total. The number of carbonyl (C=O) groups excluding carboxylic acids is 1. The molecule has 1 saturated heterocycles. The van der Waals surface area contributed by atoms with Gasteiger partial charge in [0.2, 0.25) is 0 Å². The van der Waals surface area contributed by atoms with Crippen molar-refractivity contribution in [3.05, 3.63) is 0 Å². The van der Waals surface area contributed by atoms with Gasteiger partial charge in [-0.3, -0.25) is 4.79 Å². The third kappa shape index (κ3) is 2.21. The molecule has 3 heteroatoms. The molecule has 0 N–H and O–H groups in total. The minimum Gasteiger partial charge on any atom is -0.466 e. The fourth-order valence-corrected chi connectivity index (χ4v) is 1.71. The number of carbonyl (C=O) groups is 1. The maximum Gasteiger partial charge on any atom is 0.307 e. The molecule has 0 spiro atoms. The van der Waals surface area contributed by atoms with Gasteiger partial charge in [-0.15, -0.1) is 0 Å². The molecule has 0 aliphatic carbocycles. The molecular formula is C9H17NO2. The normalized spacial score (nSPS) is 24.2. The predicted molar refractivity (Wildman–Crippen MR) is 46.9 cm³/mol. The minimum absolute atomic E-state index is 0.0434. The zero-order valence-electron chi connectivity index (χ0n) is 7.88. The van der Waals surface area contributed by atoms with Gasteiger partial charge in [0.1, 0.15) is 0 Å². The Morgan fingerprint density at radius 1 is 1.50 bits per heavy atom. The summed E-state index contributed by atoms with van der Waals surface area (Å²) >= 11 is 0. The van der Waals surface area contributed by atoms with Crippen LogP contribution in [-0.2, 0) is 9.53 Å². The number of hydrogen-bond donors (Lipinski definition) is 0. The van der Waals surface area contributed by atoms with Gasteiger partial charge in [0.05, 0.1) is 13.0 Å². The number of hydrogen-bond acceptors (Lipinski definition) is 3. The van der Waals surface area contributed by atoms with Crippen molar-refractivity contribution in [3.63, 3.8) is 0 Å². The van der Waals surface area contributed by atoms with Crippen molar-refractivity contribution < 1.29 is 9.53 Å². The van der Waals surface area contributed by atoms with E-state index in [1.54, 1.807) is 0 Å². The quantitative estimate of drug-likeness (QED) is 0.594. The lowest BCUT2D eigenvalue weighted by molar-refractivity contribution is -0.149. The second kappa shape index (κ2) is 4.45. The SMILES string of the molecule is CCN(CC)C1CCOC(=O)C1. The van der Waals surface area contributed by atoms with Crippen molar-refractivity contribution in [2.45, 2.75) is 32.7 Å². The van der Waals surface area contributed by atoms with Crippen LogP contribution in [0, 0.1) is 0 Å². The smallest absolute Gasteiger partial charge is 0.307 e. The van der Waals surface area contributed by atoms with Crippen LogP contribution in [0.25, 0.3) is 0 Å². The molecule has 1 aliphatic rings. The zero-order chi connectivity index (χ0) is 8.97. The van der Waals surface area contributed by atoms with Crippen LogP contribution in [0.3, 0.4) is 0 Å². The summed E-state index contributed by atoms with van der Waals surface area (Å²) in [5.74, 6) is -0.0434. The third-order valence-corrected chi connectivity index (χ3v) is 2.45. The Labute approximate surface area is 73.7 Å². The largest absolute Gasteiger partial charge is 0.466 e. The number of rotatable bonds is 3. The van der Waals surface area contributed by atoms with Crippen molar-refractivity contribution >= 4 is 5.97 Å². The van der Waals surface area contributed by atoms with Gasteiger partial charge in [0.15, 0.2) is 0 Å². The summed E-state index contributed by atoms with van der Waals surface area (Å²) in [5, 5.41) is 0. The molecule has 70 valence electrons. The summed E-state index contributed by atoms with van der Waals surface area (Å²) in [6, 6.07) is 0.418. The van der Waals surface area contributed by atoms with Crippen LogP contribution < -0.4 is 0 Å². The van der Waals surface area contributed by atoms with E-state index in [0.717, 1.165) is 19.5 Å². The lowest BCUT2D eigenvalue weighted by atomic mass is 10.1. The topological polar surface area (TPSA) is 29.5 Å². The third-order valence-electron chi connectivity index (χ3n) is 2.45. The molecular weight excluding hydrogens is 154 g/mol. The van der Waals surface area contributed by atoms with Crippen molar-refractivity contribution in [3.8, 4) is 0 Å². The number of nitrogens with zero attached hydrogens (tertiary/aromatic N) is 1. The van der Waals surface area contributed by atoms with Crippen LogP contribution in [0.5, 0.6) is 0 Å². The second-order valence-electron chi connectivity index (χ2n) is 3.09. The maximum absolute atomic E-state index is 11.0. The molecule has 1 heterocycles. The van der Waals surface area contributed by atoms with Crippen LogP contribution in [0.15, 0.2) is 0 Å². The van der Waals surface area contributed by atoms with Gasteiger partial charge in [0, 0.05) is 6.04 Å². The number of esters is 1. The van der Waals surface area contributed by atoms with Gasteiger partial charge < -0.3 is 9.64 Å². The highest BCUT2D eigenvalue weighted by Gasteiger charge is 2.24. The van der Waals surface area contributed by atoms with Gasteiger partial charge >= 0.3 is 5.97 Å². The van der Waals surface area contributed by atoms with Crippen molar-refractivity contribution in [1.82, 2.24) is 4.90 Å².